The van der Waals surface area contributed by atoms with Crippen LogP contribution in [0.5, 0.6) is 0 Å². The van der Waals surface area contributed by atoms with E-state index in [1.807, 2.05) is 30.3 Å². The predicted molar refractivity (Wildman–Crippen MR) is 90.1 cm³/mol. The minimum absolute atomic E-state index is 0.220. The molecule has 1 saturated heterocycles. The molecule has 2 aromatic carbocycles. The highest BCUT2D eigenvalue weighted by atomic mass is 35.5. The topological polar surface area (TPSA) is 45.2 Å². The molecule has 0 saturated carbocycles. The van der Waals surface area contributed by atoms with Gasteiger partial charge in [0.1, 0.15) is 6.10 Å². The van der Waals surface area contributed by atoms with Crippen LogP contribution in [0.3, 0.4) is 0 Å². The lowest BCUT2D eigenvalue weighted by Gasteiger charge is -2.12. The molecular formula is C17H12Cl2N2O2. The number of rotatable bonds is 2. The summed E-state index contributed by atoms with van der Waals surface area (Å²) < 4.78 is 5.80. The van der Waals surface area contributed by atoms with Gasteiger partial charge in [0.25, 0.3) is 5.91 Å². The number of carbonyl (C=O) groups excluding carboxylic acids is 1. The number of hydrazone groups is 1. The maximum atomic E-state index is 12.9. The van der Waals surface area contributed by atoms with E-state index in [9.17, 15) is 4.79 Å². The maximum absolute atomic E-state index is 12.9. The van der Waals surface area contributed by atoms with Crippen molar-refractivity contribution in [1.82, 2.24) is 0 Å². The number of amides is 1. The van der Waals surface area contributed by atoms with Crippen LogP contribution in [0.25, 0.3) is 0 Å². The van der Waals surface area contributed by atoms with Crippen molar-refractivity contribution in [1.29, 1.82) is 0 Å². The fourth-order valence-electron chi connectivity index (χ4n) is 2.94. The van der Waals surface area contributed by atoms with Gasteiger partial charge in [0, 0.05) is 15.6 Å². The number of hydrogen-bond donors (Lipinski definition) is 0. The van der Waals surface area contributed by atoms with Crippen molar-refractivity contribution in [2.45, 2.75) is 18.6 Å². The fourth-order valence-corrected chi connectivity index (χ4v) is 3.53. The Kier molecular flexibility index (Phi) is 3.23. The van der Waals surface area contributed by atoms with Crippen LogP contribution in [0.2, 0.25) is 10.0 Å². The lowest BCUT2D eigenvalue weighted by atomic mass is 9.95. The molecule has 1 spiro atoms. The van der Waals surface area contributed by atoms with Crippen molar-refractivity contribution in [3.63, 3.8) is 0 Å². The van der Waals surface area contributed by atoms with Crippen molar-refractivity contribution in [2.24, 2.45) is 5.10 Å². The molecule has 2 atom stereocenters. The van der Waals surface area contributed by atoms with Crippen molar-refractivity contribution in [3.8, 4) is 0 Å². The second-order valence-corrected chi connectivity index (χ2v) is 6.32. The monoisotopic (exact) mass is 346 g/mol. The van der Waals surface area contributed by atoms with Gasteiger partial charge >= 0.3 is 0 Å². The zero-order valence-corrected chi connectivity index (χ0v) is 13.7. The van der Waals surface area contributed by atoms with Crippen LogP contribution in [0, 0.1) is 0 Å². The minimum atomic E-state index is -1.09. The fraction of sp³-hybridized carbons (Fsp3) is 0.176. The molecule has 0 aliphatic carbocycles. The molecule has 1 fully saturated rings. The maximum Gasteiger partial charge on any atom is 0.288 e. The van der Waals surface area contributed by atoms with E-state index in [1.165, 1.54) is 5.01 Å². The third-order valence-corrected chi connectivity index (χ3v) is 4.84. The average molecular weight is 347 g/mol. The van der Waals surface area contributed by atoms with Crippen molar-refractivity contribution >= 4 is 40.5 Å². The molecule has 2 aliphatic heterocycles. The molecular weight excluding hydrogens is 335 g/mol. The van der Waals surface area contributed by atoms with Crippen LogP contribution in [0.15, 0.2) is 53.6 Å². The average Bonchev–Trinajstić information content (AvgIpc) is 3.23. The van der Waals surface area contributed by atoms with E-state index in [1.54, 1.807) is 25.1 Å². The van der Waals surface area contributed by atoms with Crippen LogP contribution < -0.4 is 5.01 Å². The molecule has 0 unspecified atom stereocenters. The SMILES string of the molecule is CC1=NN(c2ccccc2)C(=O)[C@@]12O[C@@H]2c1c(Cl)cccc1Cl. The first kappa shape index (κ1) is 14.7. The second kappa shape index (κ2) is 5.06. The van der Waals surface area contributed by atoms with Gasteiger partial charge in [-0.25, -0.2) is 0 Å². The van der Waals surface area contributed by atoms with Crippen molar-refractivity contribution in [3.05, 3.63) is 64.1 Å². The van der Waals surface area contributed by atoms with Gasteiger partial charge in [-0.15, -0.1) is 0 Å². The summed E-state index contributed by atoms with van der Waals surface area (Å²) >= 11 is 12.5. The van der Waals surface area contributed by atoms with Gasteiger partial charge in [-0.2, -0.15) is 10.1 Å². The lowest BCUT2D eigenvalue weighted by Crippen LogP contribution is -2.35. The summed E-state index contributed by atoms with van der Waals surface area (Å²) in [5, 5.41) is 6.72. The Morgan fingerprint density at radius 1 is 1.09 bits per heavy atom. The number of carbonyl (C=O) groups is 1. The van der Waals surface area contributed by atoms with Crippen molar-refractivity contribution < 1.29 is 9.53 Å². The summed E-state index contributed by atoms with van der Waals surface area (Å²) in [6, 6.07) is 14.5. The number of epoxide rings is 1. The molecule has 23 heavy (non-hydrogen) atoms. The molecule has 1 amide bonds. The van der Waals surface area contributed by atoms with E-state index >= 15 is 0 Å². The highest BCUT2D eigenvalue weighted by molar-refractivity contribution is 6.36. The quantitative estimate of drug-likeness (QED) is 0.764. The highest BCUT2D eigenvalue weighted by Crippen LogP contribution is 2.57. The largest absolute Gasteiger partial charge is 0.344 e. The standard InChI is InChI=1S/C17H12Cl2N2O2/c1-10-17(15(23-17)14-12(18)8-5-9-13(14)19)16(22)21(20-10)11-6-3-2-4-7-11/h2-9,15H,1H3/t15-,17-/m1/s1. The lowest BCUT2D eigenvalue weighted by molar-refractivity contribution is -0.120. The first-order valence-corrected chi connectivity index (χ1v) is 7.88. The molecule has 2 heterocycles. The Labute approximate surface area is 143 Å². The molecule has 0 N–H and O–H groups in total. The zero-order chi connectivity index (χ0) is 16.2. The first-order chi connectivity index (χ1) is 11.1. The molecule has 6 heteroatoms. The van der Waals surface area contributed by atoms with Gasteiger partial charge in [0.15, 0.2) is 0 Å². The summed E-state index contributed by atoms with van der Waals surface area (Å²) in [7, 11) is 0. The summed E-state index contributed by atoms with van der Waals surface area (Å²) in [5.74, 6) is -0.220. The molecule has 4 nitrogen and oxygen atoms in total. The van der Waals surface area contributed by atoms with E-state index in [0.717, 1.165) is 0 Å². The number of para-hydroxylation sites is 1. The first-order valence-electron chi connectivity index (χ1n) is 7.12. The molecule has 4 rings (SSSR count). The normalized spacial score (nSPS) is 25.9. The van der Waals surface area contributed by atoms with E-state index in [2.05, 4.69) is 5.10 Å². The predicted octanol–water partition coefficient (Wildman–Crippen LogP) is 4.23. The van der Waals surface area contributed by atoms with Gasteiger partial charge in [-0.3, -0.25) is 4.79 Å². The summed E-state index contributed by atoms with van der Waals surface area (Å²) in [5.41, 5.74) is 0.846. The van der Waals surface area contributed by atoms with Crippen molar-refractivity contribution in [2.75, 3.05) is 5.01 Å². The van der Waals surface area contributed by atoms with Gasteiger partial charge in [-0.05, 0) is 31.2 Å². The number of anilines is 1. The highest BCUT2D eigenvalue weighted by Gasteiger charge is 2.70. The van der Waals surface area contributed by atoms with Crippen LogP contribution >= 0.6 is 23.2 Å². The van der Waals surface area contributed by atoms with E-state index < -0.39 is 11.7 Å². The molecule has 2 aromatic rings. The summed E-state index contributed by atoms with van der Waals surface area (Å²) in [4.78, 5) is 12.9. The summed E-state index contributed by atoms with van der Waals surface area (Å²) in [6.07, 6.45) is -0.506. The molecule has 0 radical (unpaired) electrons. The Morgan fingerprint density at radius 3 is 2.39 bits per heavy atom. The van der Waals surface area contributed by atoms with E-state index in [-0.39, 0.29) is 5.91 Å². The Hall–Kier alpha value is -1.88. The van der Waals surface area contributed by atoms with E-state index in [0.29, 0.717) is 27.0 Å². The van der Waals surface area contributed by atoms with Gasteiger partial charge in [0.05, 0.1) is 11.4 Å². The molecule has 116 valence electrons. The van der Waals surface area contributed by atoms with Crippen LogP contribution in [0.4, 0.5) is 5.69 Å². The summed E-state index contributed by atoms with van der Waals surface area (Å²) in [6.45, 7) is 1.78. The van der Waals surface area contributed by atoms with Gasteiger partial charge in [-0.1, -0.05) is 47.5 Å². The number of halogens is 2. The second-order valence-electron chi connectivity index (χ2n) is 5.51. The molecule has 0 bridgehead atoms. The molecule has 0 aromatic heterocycles. The number of hydrogen-bond acceptors (Lipinski definition) is 3. The third kappa shape index (κ3) is 2.02. The number of benzene rings is 2. The van der Waals surface area contributed by atoms with Crippen LogP contribution in [-0.4, -0.2) is 17.2 Å². The number of nitrogens with zero attached hydrogens (tertiary/aromatic N) is 2. The Balaban J connectivity index is 1.72. The van der Waals surface area contributed by atoms with Crippen LogP contribution in [0.1, 0.15) is 18.6 Å². The number of ether oxygens (including phenoxy) is 1. The van der Waals surface area contributed by atoms with Crippen LogP contribution in [-0.2, 0) is 9.53 Å². The Bertz CT molecular complexity index is 817. The van der Waals surface area contributed by atoms with Gasteiger partial charge in [0.2, 0.25) is 5.60 Å². The molecule has 2 aliphatic rings. The van der Waals surface area contributed by atoms with Gasteiger partial charge < -0.3 is 4.74 Å². The minimum Gasteiger partial charge on any atom is -0.344 e. The Morgan fingerprint density at radius 2 is 1.74 bits per heavy atom. The zero-order valence-electron chi connectivity index (χ0n) is 12.2. The third-order valence-electron chi connectivity index (χ3n) is 4.18. The smallest absolute Gasteiger partial charge is 0.288 e. The van der Waals surface area contributed by atoms with E-state index in [4.69, 9.17) is 27.9 Å².